The molecule has 37 heavy (non-hydrogen) atoms. The van der Waals surface area contributed by atoms with E-state index in [2.05, 4.69) is 10.7 Å². The van der Waals surface area contributed by atoms with E-state index in [0.717, 1.165) is 17.9 Å². The number of benzene rings is 2. The molecule has 0 bridgehead atoms. The average molecular weight is 550 g/mol. The Kier molecular flexibility index (Phi) is 9.87. The van der Waals surface area contributed by atoms with Gasteiger partial charge in [-0.1, -0.05) is 36.5 Å². The average Bonchev–Trinajstić information content (AvgIpc) is 3.23. The highest BCUT2D eigenvalue weighted by Gasteiger charge is 2.37. The normalized spacial score (nSPS) is 14.7. The Morgan fingerprint density at radius 3 is 2.46 bits per heavy atom. The van der Waals surface area contributed by atoms with Gasteiger partial charge >= 0.3 is 11.9 Å². The summed E-state index contributed by atoms with van der Waals surface area (Å²) in [5, 5.41) is 4.02. The van der Waals surface area contributed by atoms with Crippen LogP contribution in [0.3, 0.4) is 0 Å². The molecular formula is C25H25Cl2N3O7. The Balaban J connectivity index is 1.44. The van der Waals surface area contributed by atoms with Gasteiger partial charge in [-0.05, 0) is 48.9 Å². The van der Waals surface area contributed by atoms with Crippen molar-refractivity contribution >= 4 is 58.5 Å². The molecule has 0 spiro atoms. The van der Waals surface area contributed by atoms with Gasteiger partial charge in [0.2, 0.25) is 5.91 Å². The fourth-order valence-corrected chi connectivity index (χ4v) is 3.86. The second-order valence-corrected chi connectivity index (χ2v) is 9.04. The Hall–Kier alpha value is -3.63. The van der Waals surface area contributed by atoms with Gasteiger partial charge in [-0.2, -0.15) is 0 Å². The van der Waals surface area contributed by atoms with Gasteiger partial charge < -0.3 is 14.8 Å². The van der Waals surface area contributed by atoms with E-state index < -0.39 is 42.2 Å². The van der Waals surface area contributed by atoms with E-state index in [1.807, 2.05) is 6.92 Å². The molecule has 1 fully saturated rings. The van der Waals surface area contributed by atoms with Crippen LogP contribution in [0.25, 0.3) is 0 Å². The number of halogens is 2. The zero-order chi connectivity index (χ0) is 26.9. The maximum Gasteiger partial charge on any atom is 0.338 e. The fourth-order valence-electron chi connectivity index (χ4n) is 3.36. The molecule has 1 aliphatic rings. The van der Waals surface area contributed by atoms with Crippen LogP contribution in [0.1, 0.15) is 46.9 Å². The summed E-state index contributed by atoms with van der Waals surface area (Å²) < 4.78 is 10.2. The molecule has 1 atom stereocenters. The molecule has 0 radical (unpaired) electrons. The van der Waals surface area contributed by atoms with Gasteiger partial charge in [-0.3, -0.25) is 29.6 Å². The second-order valence-electron chi connectivity index (χ2n) is 8.19. The van der Waals surface area contributed by atoms with E-state index in [0.29, 0.717) is 22.9 Å². The van der Waals surface area contributed by atoms with Crippen LogP contribution < -0.4 is 10.7 Å². The Labute approximate surface area is 223 Å². The summed E-state index contributed by atoms with van der Waals surface area (Å²) in [4.78, 5) is 61.2. The molecule has 3 rings (SSSR count). The van der Waals surface area contributed by atoms with Crippen molar-refractivity contribution in [2.45, 2.75) is 26.2 Å². The number of hydrogen-bond acceptors (Lipinski definition) is 7. The molecule has 12 heteroatoms. The highest BCUT2D eigenvalue weighted by atomic mass is 35.5. The lowest BCUT2D eigenvalue weighted by Gasteiger charge is -2.18. The largest absolute Gasteiger partial charge is 0.462 e. The maximum absolute atomic E-state index is 12.4. The minimum absolute atomic E-state index is 0.111. The van der Waals surface area contributed by atoms with Crippen LogP contribution in [0.4, 0.5) is 5.69 Å². The minimum Gasteiger partial charge on any atom is -0.462 e. The van der Waals surface area contributed by atoms with Gasteiger partial charge in [0.15, 0.2) is 6.61 Å². The number of amides is 3. The van der Waals surface area contributed by atoms with Gasteiger partial charge in [-0.25, -0.2) is 4.79 Å². The summed E-state index contributed by atoms with van der Waals surface area (Å²) in [6.07, 6.45) is 1.50. The summed E-state index contributed by atoms with van der Waals surface area (Å²) in [5.41, 5.74) is 3.27. The molecule has 2 N–H and O–H groups in total. The molecule has 10 nitrogen and oxygen atoms in total. The number of nitrogens with one attached hydrogen (secondary N) is 2. The number of hydrazine groups is 1. The van der Waals surface area contributed by atoms with Crippen molar-refractivity contribution in [1.82, 2.24) is 10.4 Å². The number of carbonyl (C=O) groups is 5. The first-order valence-corrected chi connectivity index (χ1v) is 12.2. The SMILES string of the molecule is CCCCOC(=O)c1ccc(NC(=O)COC(=O)[C@@H]2CC(=O)N(NC(=O)c3ccc(Cl)cc3Cl)C2)cc1. The number of carbonyl (C=O) groups excluding carboxylic acids is 5. The lowest BCUT2D eigenvalue weighted by Crippen LogP contribution is -2.43. The Morgan fingerprint density at radius 1 is 1.05 bits per heavy atom. The van der Waals surface area contributed by atoms with Crippen LogP contribution >= 0.6 is 23.2 Å². The summed E-state index contributed by atoms with van der Waals surface area (Å²) in [7, 11) is 0. The van der Waals surface area contributed by atoms with Gasteiger partial charge in [0, 0.05) is 17.1 Å². The number of unbranched alkanes of at least 4 members (excludes halogenated alkanes) is 1. The molecule has 196 valence electrons. The summed E-state index contributed by atoms with van der Waals surface area (Å²) in [6.45, 7) is 1.64. The second kappa shape index (κ2) is 13.1. The molecule has 3 amide bonds. The molecule has 2 aromatic carbocycles. The predicted molar refractivity (Wildman–Crippen MR) is 135 cm³/mol. The van der Waals surface area contributed by atoms with Crippen molar-refractivity contribution in [2.24, 2.45) is 5.92 Å². The van der Waals surface area contributed by atoms with Crippen LogP contribution in [0.15, 0.2) is 42.5 Å². The van der Waals surface area contributed by atoms with Crippen molar-refractivity contribution in [3.05, 3.63) is 63.6 Å². The molecule has 0 saturated carbocycles. The van der Waals surface area contributed by atoms with E-state index in [4.69, 9.17) is 32.7 Å². The van der Waals surface area contributed by atoms with E-state index in [9.17, 15) is 24.0 Å². The fraction of sp³-hybridized carbons (Fsp3) is 0.320. The third-order valence-corrected chi connectivity index (χ3v) is 5.90. The molecule has 0 aromatic heterocycles. The highest BCUT2D eigenvalue weighted by molar-refractivity contribution is 6.36. The summed E-state index contributed by atoms with van der Waals surface area (Å²) in [6, 6.07) is 10.4. The van der Waals surface area contributed by atoms with Crippen LogP contribution in [-0.2, 0) is 23.9 Å². The molecule has 1 heterocycles. The molecular weight excluding hydrogens is 525 g/mol. The first-order chi connectivity index (χ1) is 17.7. The van der Waals surface area contributed by atoms with Crippen molar-refractivity contribution in [2.75, 3.05) is 25.1 Å². The Morgan fingerprint density at radius 2 is 1.78 bits per heavy atom. The number of rotatable bonds is 10. The monoisotopic (exact) mass is 549 g/mol. The van der Waals surface area contributed by atoms with E-state index in [1.54, 1.807) is 0 Å². The van der Waals surface area contributed by atoms with Crippen LogP contribution in [0.5, 0.6) is 0 Å². The topological polar surface area (TPSA) is 131 Å². The van der Waals surface area contributed by atoms with Crippen LogP contribution in [-0.4, -0.2) is 54.4 Å². The smallest absolute Gasteiger partial charge is 0.338 e. The summed E-state index contributed by atoms with van der Waals surface area (Å²) in [5.74, 6) is -3.79. The minimum atomic E-state index is -0.862. The van der Waals surface area contributed by atoms with Crippen LogP contribution in [0.2, 0.25) is 10.0 Å². The van der Waals surface area contributed by atoms with Gasteiger partial charge in [-0.15, -0.1) is 0 Å². The van der Waals surface area contributed by atoms with Gasteiger partial charge in [0.05, 0.1) is 35.2 Å². The maximum atomic E-state index is 12.4. The number of esters is 2. The molecule has 1 saturated heterocycles. The first-order valence-electron chi connectivity index (χ1n) is 11.5. The van der Waals surface area contributed by atoms with Crippen molar-refractivity contribution in [3.63, 3.8) is 0 Å². The first kappa shape index (κ1) is 27.9. The van der Waals surface area contributed by atoms with E-state index in [-0.39, 0.29) is 23.6 Å². The number of nitrogens with zero attached hydrogens (tertiary/aromatic N) is 1. The zero-order valence-corrected chi connectivity index (χ0v) is 21.4. The van der Waals surface area contributed by atoms with E-state index in [1.165, 1.54) is 42.5 Å². The number of anilines is 1. The summed E-state index contributed by atoms with van der Waals surface area (Å²) >= 11 is 11.8. The number of hydrogen-bond donors (Lipinski definition) is 2. The third-order valence-electron chi connectivity index (χ3n) is 5.35. The zero-order valence-electron chi connectivity index (χ0n) is 19.9. The molecule has 2 aromatic rings. The molecule has 0 unspecified atom stereocenters. The van der Waals surface area contributed by atoms with Crippen molar-refractivity contribution in [3.8, 4) is 0 Å². The van der Waals surface area contributed by atoms with Crippen LogP contribution in [0, 0.1) is 5.92 Å². The quantitative estimate of drug-likeness (QED) is 0.341. The van der Waals surface area contributed by atoms with Gasteiger partial charge in [0.25, 0.3) is 11.8 Å². The molecule has 1 aliphatic heterocycles. The predicted octanol–water partition coefficient (Wildman–Crippen LogP) is 3.63. The highest BCUT2D eigenvalue weighted by Crippen LogP contribution is 2.22. The van der Waals surface area contributed by atoms with Crippen molar-refractivity contribution < 1.29 is 33.4 Å². The van der Waals surface area contributed by atoms with Gasteiger partial charge in [0.1, 0.15) is 0 Å². The van der Waals surface area contributed by atoms with E-state index >= 15 is 0 Å². The third kappa shape index (κ3) is 7.93. The Bertz CT molecular complexity index is 1190. The molecule has 0 aliphatic carbocycles. The number of ether oxygens (including phenoxy) is 2. The van der Waals surface area contributed by atoms with Crippen molar-refractivity contribution in [1.29, 1.82) is 0 Å². The standard InChI is InChI=1S/C25H25Cl2N3O7/c1-2-3-10-36-24(34)15-4-7-18(8-5-15)28-21(31)14-37-25(35)16-11-22(32)30(13-16)29-23(33)19-9-6-17(26)12-20(19)27/h4-9,12,16H,2-3,10-11,13-14H2,1H3,(H,28,31)(H,29,33)/t16-/m1/s1. The lowest BCUT2D eigenvalue weighted by atomic mass is 10.1. The lowest BCUT2D eigenvalue weighted by molar-refractivity contribution is -0.151.